The van der Waals surface area contributed by atoms with E-state index in [9.17, 15) is 0 Å². The molecule has 1 saturated carbocycles. The fourth-order valence-electron chi connectivity index (χ4n) is 4.21. The lowest BCUT2D eigenvalue weighted by molar-refractivity contribution is 0.206. The lowest BCUT2D eigenvalue weighted by atomic mass is 10.1. The van der Waals surface area contributed by atoms with Crippen LogP contribution in [-0.2, 0) is 6.61 Å². The lowest BCUT2D eigenvalue weighted by Crippen LogP contribution is -2.31. The predicted octanol–water partition coefficient (Wildman–Crippen LogP) is 5.45. The summed E-state index contributed by atoms with van der Waals surface area (Å²) in [4.78, 5) is 15.4. The van der Waals surface area contributed by atoms with Crippen molar-refractivity contribution in [2.45, 2.75) is 31.4 Å². The van der Waals surface area contributed by atoms with E-state index in [4.69, 9.17) is 26.8 Å². The molecule has 3 N–H and O–H groups in total. The van der Waals surface area contributed by atoms with Gasteiger partial charge in [0.1, 0.15) is 30.3 Å². The van der Waals surface area contributed by atoms with Crippen LogP contribution in [0.25, 0.3) is 10.9 Å². The molecule has 1 fully saturated rings. The van der Waals surface area contributed by atoms with Crippen LogP contribution < -0.4 is 20.5 Å². The summed E-state index contributed by atoms with van der Waals surface area (Å²) in [7, 11) is 4.25. The number of nitrogen functional groups attached to an aromatic ring is 1. The molecular weight excluding hydrogens is 476 g/mol. The average Bonchev–Trinajstić information content (AvgIpc) is 3.66. The number of hydrogen-bond acceptors (Lipinski definition) is 8. The van der Waals surface area contributed by atoms with Crippen molar-refractivity contribution < 1.29 is 9.47 Å². The summed E-state index contributed by atoms with van der Waals surface area (Å²) in [5, 5.41) is 4.59. The number of pyridine rings is 1. The van der Waals surface area contributed by atoms with E-state index in [1.807, 2.05) is 42.5 Å². The van der Waals surface area contributed by atoms with Gasteiger partial charge in [0.05, 0.1) is 28.5 Å². The first-order valence-corrected chi connectivity index (χ1v) is 12.3. The minimum Gasteiger partial charge on any atom is -0.491 e. The van der Waals surface area contributed by atoms with Gasteiger partial charge >= 0.3 is 0 Å². The second kappa shape index (κ2) is 10.2. The highest BCUT2D eigenvalue weighted by Crippen LogP contribution is 2.43. The summed E-state index contributed by atoms with van der Waals surface area (Å²) in [5.41, 5.74) is 9.49. The van der Waals surface area contributed by atoms with Crippen LogP contribution in [0.4, 0.5) is 17.2 Å². The van der Waals surface area contributed by atoms with Crippen molar-refractivity contribution >= 4 is 39.7 Å². The summed E-state index contributed by atoms with van der Waals surface area (Å²) < 4.78 is 11.9. The molecule has 0 unspecified atom stereocenters. The molecule has 4 aromatic rings. The zero-order valence-electron chi connectivity index (χ0n) is 20.4. The molecule has 0 atom stereocenters. The molecule has 186 valence electrons. The van der Waals surface area contributed by atoms with Crippen molar-refractivity contribution in [2.24, 2.45) is 0 Å². The minimum absolute atomic E-state index is 0.269. The molecule has 2 aromatic carbocycles. The van der Waals surface area contributed by atoms with Gasteiger partial charge in [0, 0.05) is 28.9 Å². The number of hydrogen-bond donors (Lipinski definition) is 2. The van der Waals surface area contributed by atoms with Crippen LogP contribution in [0.3, 0.4) is 0 Å². The predicted molar refractivity (Wildman–Crippen MR) is 143 cm³/mol. The number of nitrogens with one attached hydrogen (secondary N) is 1. The van der Waals surface area contributed by atoms with E-state index in [2.05, 4.69) is 39.3 Å². The second-order valence-corrected chi connectivity index (χ2v) is 9.63. The third-order valence-corrected chi connectivity index (χ3v) is 6.96. The standard InChI is InChI=1S/C27H29ClN6O2/c1-34(2)27(8-9-27)10-12-35-25-15-23-20(14-22(25)29)26(32-17-31-23)33-18-6-7-24(21(28)13-18)36-16-19-5-3-4-11-30-19/h3-7,11,13-15,17H,8-10,12,16,29H2,1-2H3,(H,31,32,33). The van der Waals surface area contributed by atoms with E-state index >= 15 is 0 Å². The quantitative estimate of drug-likeness (QED) is 0.275. The van der Waals surface area contributed by atoms with Crippen molar-refractivity contribution in [3.63, 3.8) is 0 Å². The van der Waals surface area contributed by atoms with Crippen LogP contribution in [0.5, 0.6) is 11.5 Å². The van der Waals surface area contributed by atoms with E-state index in [1.165, 1.54) is 19.2 Å². The molecule has 8 nitrogen and oxygen atoms in total. The van der Waals surface area contributed by atoms with E-state index in [1.54, 1.807) is 12.3 Å². The van der Waals surface area contributed by atoms with E-state index < -0.39 is 0 Å². The molecule has 0 bridgehead atoms. The summed E-state index contributed by atoms with van der Waals surface area (Å²) in [6.07, 6.45) is 6.63. The monoisotopic (exact) mass is 504 g/mol. The van der Waals surface area contributed by atoms with Gasteiger partial charge in [-0.2, -0.15) is 0 Å². The first kappa shape index (κ1) is 24.1. The molecule has 0 spiro atoms. The highest BCUT2D eigenvalue weighted by atomic mass is 35.5. The maximum absolute atomic E-state index is 6.47. The van der Waals surface area contributed by atoms with Crippen LogP contribution in [0.2, 0.25) is 5.02 Å². The van der Waals surface area contributed by atoms with Crippen molar-refractivity contribution in [3.8, 4) is 11.5 Å². The van der Waals surface area contributed by atoms with Crippen LogP contribution >= 0.6 is 11.6 Å². The average molecular weight is 505 g/mol. The Morgan fingerprint density at radius 1 is 1.03 bits per heavy atom. The number of ether oxygens (including phenoxy) is 2. The molecule has 5 rings (SSSR count). The number of nitrogens with two attached hydrogens (primary N) is 1. The molecular formula is C27H29ClN6O2. The zero-order chi connectivity index (χ0) is 25.1. The smallest absolute Gasteiger partial charge is 0.144 e. The van der Waals surface area contributed by atoms with Gasteiger partial charge < -0.3 is 25.4 Å². The van der Waals surface area contributed by atoms with Crippen molar-refractivity contribution in [1.29, 1.82) is 0 Å². The Balaban J connectivity index is 1.28. The number of halogens is 1. The highest BCUT2D eigenvalue weighted by molar-refractivity contribution is 6.32. The van der Waals surface area contributed by atoms with Crippen LogP contribution in [-0.4, -0.2) is 46.1 Å². The van der Waals surface area contributed by atoms with Gasteiger partial charge in [-0.15, -0.1) is 0 Å². The summed E-state index contributed by atoms with van der Waals surface area (Å²) >= 11 is 6.47. The first-order valence-electron chi connectivity index (χ1n) is 11.9. The molecule has 0 amide bonds. The van der Waals surface area contributed by atoms with Gasteiger partial charge in [0.25, 0.3) is 0 Å². The summed E-state index contributed by atoms with van der Waals surface area (Å²) in [5.74, 6) is 1.84. The highest BCUT2D eigenvalue weighted by Gasteiger charge is 2.44. The molecule has 0 saturated heterocycles. The number of rotatable bonds is 10. The van der Waals surface area contributed by atoms with Gasteiger partial charge in [-0.3, -0.25) is 4.98 Å². The van der Waals surface area contributed by atoms with Crippen molar-refractivity contribution in [3.05, 3.63) is 71.8 Å². The second-order valence-electron chi connectivity index (χ2n) is 9.23. The molecule has 2 heterocycles. The summed E-state index contributed by atoms with van der Waals surface area (Å²) in [6, 6.07) is 14.9. The Hall–Kier alpha value is -3.62. The topological polar surface area (TPSA) is 98.4 Å². The van der Waals surface area contributed by atoms with E-state index in [0.717, 1.165) is 28.7 Å². The number of aromatic nitrogens is 3. The van der Waals surface area contributed by atoms with Gasteiger partial charge in [-0.1, -0.05) is 17.7 Å². The van der Waals surface area contributed by atoms with Crippen LogP contribution in [0.1, 0.15) is 25.0 Å². The number of anilines is 3. The number of nitrogens with zero attached hydrogens (tertiary/aromatic N) is 4. The third-order valence-electron chi connectivity index (χ3n) is 6.66. The fourth-order valence-corrected chi connectivity index (χ4v) is 4.44. The Bertz CT molecular complexity index is 1360. The van der Waals surface area contributed by atoms with Crippen molar-refractivity contribution in [1.82, 2.24) is 19.9 Å². The number of benzene rings is 2. The lowest BCUT2D eigenvalue weighted by Gasteiger charge is -2.23. The molecule has 9 heteroatoms. The minimum atomic E-state index is 0.269. The Morgan fingerprint density at radius 2 is 1.89 bits per heavy atom. The molecule has 1 aliphatic rings. The van der Waals surface area contributed by atoms with Crippen LogP contribution in [0.15, 0.2) is 61.1 Å². The molecule has 2 aromatic heterocycles. The van der Waals surface area contributed by atoms with Gasteiger partial charge in [0.15, 0.2) is 0 Å². The fraction of sp³-hybridized carbons (Fsp3) is 0.296. The van der Waals surface area contributed by atoms with Crippen molar-refractivity contribution in [2.75, 3.05) is 31.8 Å². The normalized spacial score (nSPS) is 14.1. The molecule has 1 aliphatic carbocycles. The first-order chi connectivity index (χ1) is 17.4. The van der Waals surface area contributed by atoms with E-state index in [-0.39, 0.29) is 5.54 Å². The molecule has 36 heavy (non-hydrogen) atoms. The largest absolute Gasteiger partial charge is 0.491 e. The Kier molecular flexibility index (Phi) is 6.80. The van der Waals surface area contributed by atoms with Gasteiger partial charge in [0.2, 0.25) is 0 Å². The maximum atomic E-state index is 6.47. The van der Waals surface area contributed by atoms with Gasteiger partial charge in [-0.25, -0.2) is 9.97 Å². The Morgan fingerprint density at radius 3 is 2.61 bits per heavy atom. The van der Waals surface area contributed by atoms with Gasteiger partial charge in [-0.05, 0) is 69.8 Å². The number of fused-ring (bicyclic) bond motifs is 1. The zero-order valence-corrected chi connectivity index (χ0v) is 21.1. The van der Waals surface area contributed by atoms with E-state index in [0.29, 0.717) is 41.2 Å². The summed E-state index contributed by atoms with van der Waals surface area (Å²) in [6.45, 7) is 0.945. The molecule has 0 radical (unpaired) electrons. The molecule has 0 aliphatic heterocycles. The van der Waals surface area contributed by atoms with Crippen LogP contribution in [0, 0.1) is 0 Å². The Labute approximate surface area is 215 Å². The third kappa shape index (κ3) is 5.29. The SMILES string of the molecule is CN(C)C1(CCOc2cc3ncnc(Nc4ccc(OCc5ccccn5)c(Cl)c4)c3cc2N)CC1. The maximum Gasteiger partial charge on any atom is 0.144 e.